The van der Waals surface area contributed by atoms with Gasteiger partial charge in [0.05, 0.1) is 12.2 Å². The van der Waals surface area contributed by atoms with Crippen molar-refractivity contribution in [1.29, 1.82) is 0 Å². The molecule has 0 aliphatic carbocycles. The second-order valence-corrected chi connectivity index (χ2v) is 9.71. The SMILES string of the molecule is CCCC[S-](#[O+])CCCNC(=O)c1nc2ccc(Oc3ncc(C(F)(F)F)cc3OCC)cn2c1C. The average Bonchev–Trinajstić information content (AvgIpc) is 3.17. The fourth-order valence-electron chi connectivity index (χ4n) is 3.38. The molecule has 36 heavy (non-hydrogen) atoms. The van der Waals surface area contributed by atoms with Crippen LogP contribution in [0.1, 0.15) is 54.9 Å². The molecule has 1 N–H and O–H groups in total. The van der Waals surface area contributed by atoms with Crippen molar-refractivity contribution in [2.75, 3.05) is 24.7 Å². The van der Waals surface area contributed by atoms with Crippen molar-refractivity contribution in [2.45, 2.75) is 46.2 Å². The van der Waals surface area contributed by atoms with Gasteiger partial charge in [-0.1, -0.05) is 0 Å². The molecule has 0 radical (unpaired) electrons. The summed E-state index contributed by atoms with van der Waals surface area (Å²) in [7, 11) is -0.879. The first-order valence-corrected chi connectivity index (χ1v) is 13.1. The van der Waals surface area contributed by atoms with Gasteiger partial charge in [0.25, 0.3) is 5.88 Å². The summed E-state index contributed by atoms with van der Waals surface area (Å²) in [6, 6.07) is 4.04. The third-order valence-electron chi connectivity index (χ3n) is 5.27. The van der Waals surface area contributed by atoms with E-state index in [0.29, 0.717) is 42.0 Å². The summed E-state index contributed by atoms with van der Waals surface area (Å²) < 4.78 is 63.6. The van der Waals surface area contributed by atoms with E-state index in [-0.39, 0.29) is 35.6 Å². The van der Waals surface area contributed by atoms with Crippen molar-refractivity contribution in [1.82, 2.24) is 19.7 Å². The van der Waals surface area contributed by atoms with E-state index in [9.17, 15) is 22.0 Å². The molecule has 12 heteroatoms. The summed E-state index contributed by atoms with van der Waals surface area (Å²) >= 11 is 0. The Bertz CT molecular complexity index is 1280. The minimum atomic E-state index is -4.56. The molecule has 0 fully saturated rings. The third-order valence-corrected chi connectivity index (χ3v) is 6.75. The maximum absolute atomic E-state index is 13.0. The fraction of sp³-hybridized carbons (Fsp3) is 0.458. The number of pyridine rings is 2. The number of nitrogens with one attached hydrogen (secondary N) is 1. The van der Waals surface area contributed by atoms with Crippen molar-refractivity contribution < 1.29 is 31.5 Å². The monoisotopic (exact) mass is 526 g/mol. The Balaban J connectivity index is 1.72. The number of carbonyl (C=O) groups is 1. The Morgan fingerprint density at radius 1 is 1.22 bits per heavy atom. The van der Waals surface area contributed by atoms with Crippen LogP contribution in [0.5, 0.6) is 17.4 Å². The quantitative estimate of drug-likeness (QED) is 0.224. The zero-order valence-corrected chi connectivity index (χ0v) is 21.2. The number of hydrogen-bond donors (Lipinski definition) is 1. The molecule has 0 atom stereocenters. The molecule has 0 saturated heterocycles. The van der Waals surface area contributed by atoms with Crippen LogP contribution < -0.4 is 14.8 Å². The van der Waals surface area contributed by atoms with E-state index in [1.54, 1.807) is 36.6 Å². The summed E-state index contributed by atoms with van der Waals surface area (Å²) in [5.74, 6) is 0.891. The van der Waals surface area contributed by atoms with Gasteiger partial charge in [-0.3, -0.25) is 0 Å². The number of aromatic nitrogens is 3. The molecule has 1 amide bonds. The molecule has 0 aliphatic rings. The van der Waals surface area contributed by atoms with E-state index in [1.165, 1.54) is 0 Å². The van der Waals surface area contributed by atoms with Crippen molar-refractivity contribution in [3.05, 3.63) is 47.5 Å². The molecule has 0 aromatic carbocycles. The molecule has 3 heterocycles. The summed E-state index contributed by atoms with van der Waals surface area (Å²) in [6.45, 7) is 5.93. The minimum absolute atomic E-state index is 0.115. The summed E-state index contributed by atoms with van der Waals surface area (Å²) in [5.41, 5.74) is 0.352. The first kappa shape index (κ1) is 27.6. The molecule has 0 bridgehead atoms. The van der Waals surface area contributed by atoms with E-state index < -0.39 is 22.4 Å². The predicted molar refractivity (Wildman–Crippen MR) is 130 cm³/mol. The topological polar surface area (TPSA) is 97.7 Å². The standard InChI is InChI=1S/C24H29F3N4O4S/c1-4-6-11-36(33)12-7-10-28-22(32)21-16(3)31-15-18(8-9-20(31)30-21)35-23-19(34-5-2)13-17(14-29-23)24(25,26)27/h8-9,13-15H,4-7,10-12H2,1-3H3,(H,28,32). The van der Waals surface area contributed by atoms with E-state index in [2.05, 4.69) is 15.3 Å². The Morgan fingerprint density at radius 2 is 1.97 bits per heavy atom. The Labute approximate surface area is 209 Å². The number of ether oxygens (including phenoxy) is 2. The third kappa shape index (κ3) is 7.03. The molecular formula is C24H29F3N4O4S. The van der Waals surface area contributed by atoms with Gasteiger partial charge >= 0.3 is 143 Å². The zero-order chi connectivity index (χ0) is 26.3. The van der Waals surface area contributed by atoms with Gasteiger partial charge < -0.3 is 4.74 Å². The van der Waals surface area contributed by atoms with Crippen LogP contribution in [0.4, 0.5) is 13.2 Å². The second kappa shape index (κ2) is 12.3. The molecule has 3 rings (SSSR count). The number of halogens is 3. The molecule has 0 spiro atoms. The van der Waals surface area contributed by atoms with Gasteiger partial charge in [0.2, 0.25) is 0 Å². The maximum atomic E-state index is 13.0. The van der Waals surface area contributed by atoms with Crippen molar-refractivity contribution in [2.24, 2.45) is 0 Å². The van der Waals surface area contributed by atoms with Gasteiger partial charge in [0.15, 0.2) is 5.75 Å². The van der Waals surface area contributed by atoms with Crippen LogP contribution in [0.15, 0.2) is 30.6 Å². The predicted octanol–water partition coefficient (Wildman–Crippen LogP) is 5.13. The van der Waals surface area contributed by atoms with Crippen molar-refractivity contribution in [3.8, 4) is 17.4 Å². The van der Waals surface area contributed by atoms with Gasteiger partial charge in [-0.05, 0) is 13.0 Å². The number of fused-ring (bicyclic) bond motifs is 1. The van der Waals surface area contributed by atoms with Gasteiger partial charge in [0.1, 0.15) is 0 Å². The van der Waals surface area contributed by atoms with Crippen LogP contribution in [0, 0.1) is 6.92 Å². The normalized spacial score (nSPS) is 11.7. The summed E-state index contributed by atoms with van der Waals surface area (Å²) in [4.78, 5) is 20.8. The number of amides is 1. The molecule has 0 aliphatic heterocycles. The fourth-order valence-corrected chi connectivity index (χ4v) is 4.66. The van der Waals surface area contributed by atoms with Crippen LogP contribution in [-0.2, 0) is 20.9 Å². The number of nitrogens with zero attached hydrogens (tertiary/aromatic N) is 3. The van der Waals surface area contributed by atoms with E-state index >= 15 is 0 Å². The van der Waals surface area contributed by atoms with Gasteiger partial charge in [-0.15, -0.1) is 0 Å². The van der Waals surface area contributed by atoms with Crippen LogP contribution >= 0.6 is 0 Å². The zero-order valence-electron chi connectivity index (χ0n) is 20.4. The van der Waals surface area contributed by atoms with E-state index in [0.717, 1.165) is 18.9 Å². The Kier molecular flexibility index (Phi) is 9.43. The number of unbranched alkanes of at least 4 members (excludes halogenated alkanes) is 1. The number of imidazole rings is 1. The second-order valence-electron chi connectivity index (χ2n) is 8.01. The van der Waals surface area contributed by atoms with Gasteiger partial charge in [-0.2, -0.15) is 13.2 Å². The van der Waals surface area contributed by atoms with Crippen LogP contribution in [-0.4, -0.2) is 44.9 Å². The molecule has 3 aromatic heterocycles. The van der Waals surface area contributed by atoms with E-state index in [1.807, 2.05) is 6.92 Å². The Morgan fingerprint density at radius 3 is 2.67 bits per heavy atom. The van der Waals surface area contributed by atoms with Gasteiger partial charge in [-0.25, -0.2) is 4.98 Å². The number of aryl methyl sites for hydroxylation is 1. The molecular weight excluding hydrogens is 497 g/mol. The van der Waals surface area contributed by atoms with Crippen molar-refractivity contribution >= 4 is 22.2 Å². The molecule has 8 nitrogen and oxygen atoms in total. The average molecular weight is 527 g/mol. The Hall–Kier alpha value is -2.99. The number of carbonyl (C=O) groups excluding carboxylic acids is 1. The first-order chi connectivity index (χ1) is 17.1. The summed E-state index contributed by atoms with van der Waals surface area (Å²) in [6.07, 6.45) is 0.215. The first-order valence-electron chi connectivity index (χ1n) is 11.6. The molecule has 196 valence electrons. The van der Waals surface area contributed by atoms with Gasteiger partial charge in [0, 0.05) is 6.20 Å². The van der Waals surface area contributed by atoms with Crippen LogP contribution in [0.25, 0.3) is 5.65 Å². The number of alkyl halides is 3. The van der Waals surface area contributed by atoms with Crippen LogP contribution in [0.2, 0.25) is 0 Å². The van der Waals surface area contributed by atoms with Crippen molar-refractivity contribution in [3.63, 3.8) is 0 Å². The number of hydrogen-bond acceptors (Lipinski definition) is 6. The number of rotatable bonds is 10. The summed E-state index contributed by atoms with van der Waals surface area (Å²) in [5, 5.41) is 2.81. The van der Waals surface area contributed by atoms with Crippen LogP contribution in [0.3, 0.4) is 0 Å². The molecule has 0 unspecified atom stereocenters. The van der Waals surface area contributed by atoms with E-state index in [4.69, 9.17) is 9.47 Å². The molecule has 3 aromatic rings. The molecule has 0 saturated carbocycles.